The second-order valence-corrected chi connectivity index (χ2v) is 4.90. The Morgan fingerprint density at radius 3 is 2.53 bits per heavy atom. The minimum atomic E-state index is 0.177. The van der Waals surface area contributed by atoms with E-state index in [-0.39, 0.29) is 6.04 Å². The molecule has 0 unspecified atom stereocenters. The van der Waals surface area contributed by atoms with E-state index in [0.29, 0.717) is 21.5 Å². The average molecular weight is 317 g/mol. The number of hydrogen-bond acceptors (Lipinski definition) is 3. The highest BCUT2D eigenvalue weighted by atomic mass is 79.9. The Morgan fingerprint density at radius 2 is 1.94 bits per heavy atom. The minimum absolute atomic E-state index is 0.177. The van der Waals surface area contributed by atoms with Crippen LogP contribution in [0.4, 0.5) is 0 Å². The number of rotatable bonds is 3. The Hall–Kier alpha value is -1.07. The van der Waals surface area contributed by atoms with E-state index in [9.17, 15) is 0 Å². The summed E-state index contributed by atoms with van der Waals surface area (Å²) in [6.45, 7) is 4.02. The van der Waals surface area contributed by atoms with E-state index in [4.69, 9.17) is 16.3 Å². The Bertz CT molecular complexity index is 510. The van der Waals surface area contributed by atoms with E-state index in [1.54, 1.807) is 28.9 Å². The third kappa shape index (κ3) is 2.98. The Labute approximate surface area is 113 Å². The van der Waals surface area contributed by atoms with Crippen LogP contribution in [0.5, 0.6) is 11.8 Å². The summed E-state index contributed by atoms with van der Waals surface area (Å²) in [5, 5.41) is 4.87. The van der Waals surface area contributed by atoms with Gasteiger partial charge in [-0.15, -0.1) is 5.10 Å². The molecule has 2 rings (SSSR count). The van der Waals surface area contributed by atoms with Crippen molar-refractivity contribution in [3.8, 4) is 11.8 Å². The smallest absolute Gasteiger partial charge is 0.321 e. The second-order valence-electron chi connectivity index (χ2n) is 3.76. The lowest BCUT2D eigenvalue weighted by Gasteiger charge is -2.09. The zero-order chi connectivity index (χ0) is 12.4. The van der Waals surface area contributed by atoms with Crippen LogP contribution >= 0.6 is 27.5 Å². The Morgan fingerprint density at radius 1 is 1.29 bits per heavy atom. The summed E-state index contributed by atoms with van der Waals surface area (Å²) in [6, 6.07) is 7.74. The molecule has 0 N–H and O–H groups in total. The molecule has 1 heterocycles. The van der Waals surface area contributed by atoms with Crippen LogP contribution in [0.2, 0.25) is 5.02 Å². The molecule has 0 bridgehead atoms. The third-order valence-electron chi connectivity index (χ3n) is 2.09. The molecule has 0 saturated carbocycles. The molecule has 6 heteroatoms. The molecule has 0 amide bonds. The van der Waals surface area contributed by atoms with Crippen molar-refractivity contribution < 1.29 is 4.74 Å². The maximum atomic E-state index is 5.80. The molecule has 1 aromatic heterocycles. The highest BCUT2D eigenvalue weighted by molar-refractivity contribution is 9.10. The van der Waals surface area contributed by atoms with E-state index in [2.05, 4.69) is 26.0 Å². The molecule has 0 atom stereocenters. The molecule has 4 nitrogen and oxygen atoms in total. The van der Waals surface area contributed by atoms with Crippen LogP contribution in [0.25, 0.3) is 0 Å². The van der Waals surface area contributed by atoms with Crippen LogP contribution < -0.4 is 4.74 Å². The van der Waals surface area contributed by atoms with Crippen LogP contribution in [-0.4, -0.2) is 14.8 Å². The Balaban J connectivity index is 2.26. The summed E-state index contributed by atoms with van der Waals surface area (Å²) in [4.78, 5) is 4.16. The van der Waals surface area contributed by atoms with Crippen molar-refractivity contribution in [1.82, 2.24) is 14.8 Å². The summed E-state index contributed by atoms with van der Waals surface area (Å²) < 4.78 is 7.86. The topological polar surface area (TPSA) is 39.9 Å². The average Bonchev–Trinajstić information content (AvgIpc) is 2.63. The van der Waals surface area contributed by atoms with Crippen molar-refractivity contribution in [2.45, 2.75) is 19.9 Å². The first-order chi connectivity index (χ1) is 8.06. The molecule has 0 radical (unpaired) electrons. The van der Waals surface area contributed by atoms with Crippen molar-refractivity contribution in [3.05, 3.63) is 34.0 Å². The first-order valence-corrected chi connectivity index (χ1v) is 6.29. The third-order valence-corrected chi connectivity index (χ3v) is 2.67. The number of aromatic nitrogens is 3. The predicted molar refractivity (Wildman–Crippen MR) is 69.6 cm³/mol. The second kappa shape index (κ2) is 5.06. The van der Waals surface area contributed by atoms with E-state index >= 15 is 0 Å². The molecule has 17 heavy (non-hydrogen) atoms. The lowest BCUT2D eigenvalue weighted by molar-refractivity contribution is 0.376. The van der Waals surface area contributed by atoms with E-state index in [0.717, 1.165) is 0 Å². The van der Waals surface area contributed by atoms with Crippen LogP contribution in [0.3, 0.4) is 0 Å². The molecule has 2 aromatic rings. The molecule has 0 saturated heterocycles. The number of hydrogen-bond donors (Lipinski definition) is 0. The molecule has 90 valence electrons. The SMILES string of the molecule is CC(C)n1nc(Br)nc1Oc1ccc(Cl)cc1. The summed E-state index contributed by atoms with van der Waals surface area (Å²) in [5.74, 6) is 0.677. The van der Waals surface area contributed by atoms with Gasteiger partial charge in [-0.1, -0.05) is 11.6 Å². The molecule has 0 spiro atoms. The van der Waals surface area contributed by atoms with Crippen molar-refractivity contribution in [2.75, 3.05) is 0 Å². The van der Waals surface area contributed by atoms with Gasteiger partial charge in [-0.25, -0.2) is 4.68 Å². The largest absolute Gasteiger partial charge is 0.424 e. The van der Waals surface area contributed by atoms with Crippen molar-refractivity contribution in [3.63, 3.8) is 0 Å². The number of benzene rings is 1. The fourth-order valence-corrected chi connectivity index (χ4v) is 1.75. The molecule has 0 fully saturated rings. The van der Waals surface area contributed by atoms with Crippen LogP contribution in [-0.2, 0) is 0 Å². The maximum absolute atomic E-state index is 5.80. The monoisotopic (exact) mass is 315 g/mol. The quantitative estimate of drug-likeness (QED) is 0.857. The van der Waals surface area contributed by atoms with Gasteiger partial charge in [0.15, 0.2) is 0 Å². The minimum Gasteiger partial charge on any atom is -0.424 e. The van der Waals surface area contributed by atoms with Gasteiger partial charge in [0.25, 0.3) is 0 Å². The number of nitrogens with zero attached hydrogens (tertiary/aromatic N) is 3. The molecular weight excluding hydrogens is 305 g/mol. The lowest BCUT2D eigenvalue weighted by atomic mass is 10.3. The fourth-order valence-electron chi connectivity index (χ4n) is 1.30. The molecule has 0 aliphatic rings. The molecule has 0 aliphatic heterocycles. The summed E-state index contributed by atoms with van der Waals surface area (Å²) in [5.41, 5.74) is 0. The maximum Gasteiger partial charge on any atom is 0.321 e. The number of ether oxygens (including phenoxy) is 1. The van der Waals surface area contributed by atoms with Crippen molar-refractivity contribution >= 4 is 27.5 Å². The van der Waals surface area contributed by atoms with Gasteiger partial charge in [0.1, 0.15) is 5.75 Å². The van der Waals surface area contributed by atoms with Gasteiger partial charge >= 0.3 is 6.01 Å². The highest BCUT2D eigenvalue weighted by Gasteiger charge is 2.13. The standard InChI is InChI=1S/C11H11BrClN3O/c1-7(2)16-11(14-10(12)15-16)17-9-5-3-8(13)4-6-9/h3-7H,1-2H3. The van der Waals surface area contributed by atoms with Crippen molar-refractivity contribution in [1.29, 1.82) is 0 Å². The fraction of sp³-hybridized carbons (Fsp3) is 0.273. The normalized spacial score (nSPS) is 10.9. The molecule has 1 aromatic carbocycles. The summed E-state index contributed by atoms with van der Waals surface area (Å²) in [7, 11) is 0. The highest BCUT2D eigenvalue weighted by Crippen LogP contribution is 2.24. The predicted octanol–water partition coefficient (Wildman–Crippen LogP) is 4.07. The van der Waals surface area contributed by atoms with Gasteiger partial charge in [0, 0.05) is 5.02 Å². The van der Waals surface area contributed by atoms with Crippen LogP contribution in [0.15, 0.2) is 29.0 Å². The Kier molecular flexibility index (Phi) is 3.69. The summed E-state index contributed by atoms with van der Waals surface area (Å²) in [6.07, 6.45) is 0. The van der Waals surface area contributed by atoms with Gasteiger partial charge in [0.2, 0.25) is 4.73 Å². The van der Waals surface area contributed by atoms with E-state index in [1.165, 1.54) is 0 Å². The van der Waals surface area contributed by atoms with Gasteiger partial charge in [-0.05, 0) is 54.0 Å². The van der Waals surface area contributed by atoms with Gasteiger partial charge < -0.3 is 4.74 Å². The van der Waals surface area contributed by atoms with Gasteiger partial charge in [-0.2, -0.15) is 4.98 Å². The van der Waals surface area contributed by atoms with Crippen LogP contribution in [0.1, 0.15) is 19.9 Å². The van der Waals surface area contributed by atoms with Crippen molar-refractivity contribution in [2.24, 2.45) is 0 Å². The van der Waals surface area contributed by atoms with E-state index < -0.39 is 0 Å². The van der Waals surface area contributed by atoms with E-state index in [1.807, 2.05) is 13.8 Å². The van der Waals surface area contributed by atoms with Crippen LogP contribution in [0, 0.1) is 0 Å². The van der Waals surface area contributed by atoms with Gasteiger partial charge in [-0.3, -0.25) is 0 Å². The zero-order valence-corrected chi connectivity index (χ0v) is 11.7. The summed E-state index contributed by atoms with van der Waals surface area (Å²) >= 11 is 9.04. The molecular formula is C11H11BrClN3O. The zero-order valence-electron chi connectivity index (χ0n) is 9.39. The van der Waals surface area contributed by atoms with Gasteiger partial charge in [0.05, 0.1) is 6.04 Å². The molecule has 0 aliphatic carbocycles. The number of halogens is 2. The first-order valence-electron chi connectivity index (χ1n) is 5.11. The first kappa shape index (κ1) is 12.4. The lowest BCUT2D eigenvalue weighted by Crippen LogP contribution is -2.05.